The summed E-state index contributed by atoms with van der Waals surface area (Å²) in [6.07, 6.45) is 0. The van der Waals surface area contributed by atoms with Crippen LogP contribution in [0.25, 0.3) is 16.7 Å². The van der Waals surface area contributed by atoms with Gasteiger partial charge in [0.05, 0.1) is 24.7 Å². The SMILES string of the molecule is O=C(CSc1nnc(N2CCOCC2)n1-c1ccccc1)c1cc2ccccc2o1. The Morgan fingerprint density at radius 2 is 1.77 bits per heavy atom. The minimum absolute atomic E-state index is 0.0771. The number of hydrogen-bond donors (Lipinski definition) is 0. The van der Waals surface area contributed by atoms with E-state index in [2.05, 4.69) is 15.1 Å². The summed E-state index contributed by atoms with van der Waals surface area (Å²) in [4.78, 5) is 14.9. The Morgan fingerprint density at radius 1 is 1.00 bits per heavy atom. The van der Waals surface area contributed by atoms with Crippen molar-refractivity contribution in [1.29, 1.82) is 0 Å². The Morgan fingerprint density at radius 3 is 2.57 bits per heavy atom. The van der Waals surface area contributed by atoms with E-state index in [1.807, 2.05) is 59.2 Å². The number of furan rings is 1. The summed E-state index contributed by atoms with van der Waals surface area (Å²) >= 11 is 1.36. The lowest BCUT2D eigenvalue weighted by molar-refractivity contribution is 0.0994. The fraction of sp³-hybridized carbons (Fsp3) is 0.227. The number of ether oxygens (including phenoxy) is 1. The van der Waals surface area contributed by atoms with Crippen molar-refractivity contribution in [3.63, 3.8) is 0 Å². The summed E-state index contributed by atoms with van der Waals surface area (Å²) in [5, 5.41) is 10.4. The Labute approximate surface area is 177 Å². The summed E-state index contributed by atoms with van der Waals surface area (Å²) in [7, 11) is 0. The molecular formula is C22H20N4O3S. The van der Waals surface area contributed by atoms with E-state index in [0.717, 1.165) is 30.1 Å². The van der Waals surface area contributed by atoms with E-state index in [1.165, 1.54) is 11.8 Å². The van der Waals surface area contributed by atoms with Crippen molar-refractivity contribution in [2.45, 2.75) is 5.16 Å². The molecule has 8 heteroatoms. The lowest BCUT2D eigenvalue weighted by atomic mass is 10.2. The van der Waals surface area contributed by atoms with E-state index in [9.17, 15) is 4.79 Å². The topological polar surface area (TPSA) is 73.4 Å². The summed E-state index contributed by atoms with van der Waals surface area (Å²) in [5.41, 5.74) is 1.68. The molecule has 30 heavy (non-hydrogen) atoms. The number of morpholine rings is 1. The van der Waals surface area contributed by atoms with Crippen LogP contribution < -0.4 is 4.90 Å². The number of ketones is 1. The third-order valence-corrected chi connectivity index (χ3v) is 5.89. The summed E-state index contributed by atoms with van der Waals surface area (Å²) < 4.78 is 13.2. The number of anilines is 1. The van der Waals surface area contributed by atoms with E-state index < -0.39 is 0 Å². The molecule has 0 bridgehead atoms. The third-order valence-electron chi connectivity index (χ3n) is 4.96. The average Bonchev–Trinajstić information content (AvgIpc) is 3.43. The van der Waals surface area contributed by atoms with Crippen LogP contribution in [0.5, 0.6) is 0 Å². The van der Waals surface area contributed by atoms with Gasteiger partial charge in [-0.2, -0.15) is 0 Å². The van der Waals surface area contributed by atoms with Crippen LogP contribution in [0.3, 0.4) is 0 Å². The zero-order chi connectivity index (χ0) is 20.3. The van der Waals surface area contributed by atoms with Gasteiger partial charge in [-0.3, -0.25) is 9.36 Å². The monoisotopic (exact) mass is 420 g/mol. The number of para-hydroxylation sites is 2. The van der Waals surface area contributed by atoms with Gasteiger partial charge in [0.25, 0.3) is 0 Å². The molecule has 0 radical (unpaired) electrons. The van der Waals surface area contributed by atoms with Crippen LogP contribution in [0.15, 0.2) is 70.2 Å². The van der Waals surface area contributed by atoms with Crippen LogP contribution in [-0.2, 0) is 4.74 Å². The van der Waals surface area contributed by atoms with Crippen molar-refractivity contribution >= 4 is 34.5 Å². The van der Waals surface area contributed by atoms with Crippen molar-refractivity contribution in [1.82, 2.24) is 14.8 Å². The predicted molar refractivity (Wildman–Crippen MR) is 116 cm³/mol. The van der Waals surface area contributed by atoms with Gasteiger partial charge in [0.1, 0.15) is 5.58 Å². The van der Waals surface area contributed by atoms with Crippen molar-refractivity contribution in [2.24, 2.45) is 0 Å². The van der Waals surface area contributed by atoms with E-state index in [4.69, 9.17) is 9.15 Å². The molecule has 3 heterocycles. The average molecular weight is 420 g/mol. The van der Waals surface area contributed by atoms with Gasteiger partial charge in [0.15, 0.2) is 10.9 Å². The second-order valence-corrected chi connectivity index (χ2v) is 7.86. The Balaban J connectivity index is 1.41. The number of rotatable bonds is 6. The van der Waals surface area contributed by atoms with Crippen LogP contribution >= 0.6 is 11.8 Å². The number of carbonyl (C=O) groups is 1. The molecule has 0 atom stereocenters. The highest BCUT2D eigenvalue weighted by atomic mass is 32.2. The van der Waals surface area contributed by atoms with Gasteiger partial charge < -0.3 is 14.1 Å². The third kappa shape index (κ3) is 3.71. The van der Waals surface area contributed by atoms with Gasteiger partial charge >= 0.3 is 0 Å². The zero-order valence-electron chi connectivity index (χ0n) is 16.2. The second kappa shape index (κ2) is 8.33. The van der Waals surface area contributed by atoms with Gasteiger partial charge in [-0.05, 0) is 24.3 Å². The summed E-state index contributed by atoms with van der Waals surface area (Å²) in [6.45, 7) is 2.84. The van der Waals surface area contributed by atoms with Crippen LogP contribution in [0.4, 0.5) is 5.95 Å². The molecule has 2 aromatic carbocycles. The predicted octanol–water partition coefficient (Wildman–Crippen LogP) is 3.83. The first-order valence-corrected chi connectivity index (χ1v) is 10.8. The highest BCUT2D eigenvalue weighted by molar-refractivity contribution is 7.99. The van der Waals surface area contributed by atoms with Gasteiger partial charge in [-0.25, -0.2) is 0 Å². The first kappa shape index (κ1) is 18.9. The first-order chi connectivity index (χ1) is 14.8. The molecule has 0 saturated carbocycles. The van der Waals surface area contributed by atoms with Gasteiger partial charge in [-0.15, -0.1) is 10.2 Å². The second-order valence-electron chi connectivity index (χ2n) is 6.91. The van der Waals surface area contributed by atoms with Crippen LogP contribution in [0.2, 0.25) is 0 Å². The van der Waals surface area contributed by atoms with Gasteiger partial charge in [-0.1, -0.05) is 48.2 Å². The number of benzene rings is 2. The maximum absolute atomic E-state index is 12.7. The van der Waals surface area contributed by atoms with Crippen molar-refractivity contribution < 1.29 is 13.9 Å². The number of Topliss-reactive ketones (excluding diaryl/α,β-unsaturated/α-hetero) is 1. The number of fused-ring (bicyclic) bond motifs is 1. The normalized spacial score (nSPS) is 14.3. The lowest BCUT2D eigenvalue weighted by Gasteiger charge is -2.27. The fourth-order valence-electron chi connectivity index (χ4n) is 3.45. The Bertz CT molecular complexity index is 1130. The molecule has 0 aliphatic carbocycles. The molecule has 1 aliphatic rings. The number of thioether (sulfide) groups is 1. The molecule has 4 aromatic rings. The van der Waals surface area contributed by atoms with Crippen LogP contribution in [0.1, 0.15) is 10.6 Å². The minimum Gasteiger partial charge on any atom is -0.453 e. The molecule has 152 valence electrons. The standard InChI is InChI=1S/C22H20N4O3S/c27-18(20-14-16-6-4-5-9-19(16)29-20)15-30-22-24-23-21(25-10-12-28-13-11-25)26(22)17-7-2-1-3-8-17/h1-9,14H,10-13,15H2. The van der Waals surface area contributed by atoms with Crippen LogP contribution in [0, 0.1) is 0 Å². The van der Waals surface area contributed by atoms with Crippen molar-refractivity contribution in [3.05, 3.63) is 66.4 Å². The molecule has 0 spiro atoms. The summed E-state index contributed by atoms with van der Waals surface area (Å²) in [6, 6.07) is 19.4. The molecule has 7 nitrogen and oxygen atoms in total. The Kier molecular flexibility index (Phi) is 5.25. The van der Waals surface area contributed by atoms with Crippen molar-refractivity contribution in [2.75, 3.05) is 37.0 Å². The number of nitrogens with zero attached hydrogens (tertiary/aromatic N) is 4. The van der Waals surface area contributed by atoms with Crippen LogP contribution in [-0.4, -0.2) is 52.6 Å². The molecule has 5 rings (SSSR count). The fourth-order valence-corrected chi connectivity index (χ4v) is 4.26. The molecule has 1 saturated heterocycles. The smallest absolute Gasteiger partial charge is 0.232 e. The number of hydrogen-bond acceptors (Lipinski definition) is 7. The number of aromatic nitrogens is 3. The molecule has 0 amide bonds. The first-order valence-electron chi connectivity index (χ1n) is 9.78. The van der Waals surface area contributed by atoms with E-state index in [1.54, 1.807) is 6.07 Å². The molecule has 1 aliphatic heterocycles. The molecule has 0 unspecified atom stereocenters. The molecular weight excluding hydrogens is 400 g/mol. The zero-order valence-corrected chi connectivity index (χ0v) is 17.0. The maximum Gasteiger partial charge on any atom is 0.232 e. The van der Waals surface area contributed by atoms with Gasteiger partial charge in [0.2, 0.25) is 11.7 Å². The largest absolute Gasteiger partial charge is 0.453 e. The van der Waals surface area contributed by atoms with E-state index in [-0.39, 0.29) is 11.5 Å². The Hall–Kier alpha value is -3.10. The van der Waals surface area contributed by atoms with Gasteiger partial charge in [0, 0.05) is 18.5 Å². The quantitative estimate of drug-likeness (QED) is 0.347. The molecule has 0 N–H and O–H groups in total. The minimum atomic E-state index is -0.0771. The molecule has 2 aromatic heterocycles. The highest BCUT2D eigenvalue weighted by Gasteiger charge is 2.23. The summed E-state index contributed by atoms with van der Waals surface area (Å²) in [5.74, 6) is 1.27. The number of carbonyl (C=O) groups excluding carboxylic acids is 1. The molecule has 1 fully saturated rings. The maximum atomic E-state index is 12.7. The highest BCUT2D eigenvalue weighted by Crippen LogP contribution is 2.28. The van der Waals surface area contributed by atoms with E-state index in [0.29, 0.717) is 29.7 Å². The van der Waals surface area contributed by atoms with Crippen molar-refractivity contribution in [3.8, 4) is 5.69 Å². The lowest BCUT2D eigenvalue weighted by Crippen LogP contribution is -2.37. The van der Waals surface area contributed by atoms with E-state index >= 15 is 0 Å².